The van der Waals surface area contributed by atoms with Crippen LogP contribution in [0.2, 0.25) is 0 Å². The van der Waals surface area contributed by atoms with E-state index >= 15 is 0 Å². The van der Waals surface area contributed by atoms with E-state index in [1.165, 1.54) is 7.11 Å². The van der Waals surface area contributed by atoms with Crippen molar-refractivity contribution in [2.45, 2.75) is 12.5 Å². The molecule has 0 spiro atoms. The maximum atomic E-state index is 11.7. The highest BCUT2D eigenvalue weighted by Crippen LogP contribution is 2.29. The largest absolute Gasteiger partial charge is 0.469 e. The van der Waals surface area contributed by atoms with Crippen molar-refractivity contribution in [2.24, 2.45) is 5.92 Å². The fraction of sp³-hybridized carbons (Fsp3) is 0.357. The van der Waals surface area contributed by atoms with E-state index in [9.17, 15) is 4.79 Å². The highest BCUT2D eigenvalue weighted by atomic mass is 16.5. The standard InChI is InChI=1S/C14H18O3/c1-4-8-12(14(15)17-3)13(16-2)11-9-6-5-7-10-11/h4-7,9-10,12-13H,1,8H2,2-3H3/t12-,13-/m1/s1. The van der Waals surface area contributed by atoms with Gasteiger partial charge in [0.05, 0.1) is 19.1 Å². The molecule has 0 aliphatic rings. The molecule has 0 radical (unpaired) electrons. The lowest BCUT2D eigenvalue weighted by Gasteiger charge is -2.23. The Bertz CT molecular complexity index is 359. The van der Waals surface area contributed by atoms with E-state index in [4.69, 9.17) is 9.47 Å². The number of carbonyl (C=O) groups is 1. The summed E-state index contributed by atoms with van der Waals surface area (Å²) in [6, 6.07) is 9.64. The quantitative estimate of drug-likeness (QED) is 0.561. The third-order valence-electron chi connectivity index (χ3n) is 2.67. The first-order valence-electron chi connectivity index (χ1n) is 5.51. The van der Waals surface area contributed by atoms with E-state index in [1.807, 2.05) is 30.3 Å². The van der Waals surface area contributed by atoms with E-state index < -0.39 is 0 Å². The van der Waals surface area contributed by atoms with Crippen molar-refractivity contribution < 1.29 is 14.3 Å². The molecule has 17 heavy (non-hydrogen) atoms. The molecule has 0 aromatic heterocycles. The second kappa shape index (κ2) is 6.86. The molecular weight excluding hydrogens is 216 g/mol. The van der Waals surface area contributed by atoms with Gasteiger partial charge in [0.15, 0.2) is 0 Å². The Morgan fingerprint density at radius 1 is 1.35 bits per heavy atom. The van der Waals surface area contributed by atoms with Gasteiger partial charge in [-0.25, -0.2) is 0 Å². The molecule has 0 aliphatic carbocycles. The van der Waals surface area contributed by atoms with E-state index in [2.05, 4.69) is 6.58 Å². The molecule has 1 aromatic carbocycles. The van der Waals surface area contributed by atoms with E-state index in [1.54, 1.807) is 13.2 Å². The van der Waals surface area contributed by atoms with Crippen LogP contribution < -0.4 is 0 Å². The average molecular weight is 234 g/mol. The molecule has 0 bridgehead atoms. The van der Waals surface area contributed by atoms with Gasteiger partial charge in [-0.2, -0.15) is 0 Å². The van der Waals surface area contributed by atoms with Crippen LogP contribution in [0.3, 0.4) is 0 Å². The van der Waals surface area contributed by atoms with Gasteiger partial charge in [-0.1, -0.05) is 36.4 Å². The highest BCUT2D eigenvalue weighted by molar-refractivity contribution is 5.73. The number of allylic oxidation sites excluding steroid dienone is 1. The molecule has 0 saturated heterocycles. The number of carbonyl (C=O) groups excluding carboxylic acids is 1. The maximum absolute atomic E-state index is 11.7. The lowest BCUT2D eigenvalue weighted by molar-refractivity contribution is -0.150. The minimum atomic E-state index is -0.357. The van der Waals surface area contributed by atoms with Crippen molar-refractivity contribution in [3.63, 3.8) is 0 Å². The lowest BCUT2D eigenvalue weighted by atomic mass is 9.92. The van der Waals surface area contributed by atoms with Gasteiger partial charge in [0.2, 0.25) is 0 Å². The minimum Gasteiger partial charge on any atom is -0.469 e. The summed E-state index contributed by atoms with van der Waals surface area (Å²) in [6.45, 7) is 3.66. The maximum Gasteiger partial charge on any atom is 0.311 e. The van der Waals surface area contributed by atoms with Crippen molar-refractivity contribution in [1.29, 1.82) is 0 Å². The monoisotopic (exact) mass is 234 g/mol. The van der Waals surface area contributed by atoms with E-state index in [0.717, 1.165) is 5.56 Å². The lowest BCUT2D eigenvalue weighted by Crippen LogP contribution is -2.24. The van der Waals surface area contributed by atoms with Crippen molar-refractivity contribution in [3.05, 3.63) is 48.6 Å². The fourth-order valence-electron chi connectivity index (χ4n) is 1.85. The Hall–Kier alpha value is -1.61. The minimum absolute atomic E-state index is 0.277. The first kappa shape index (κ1) is 13.5. The predicted octanol–water partition coefficient (Wildman–Crippen LogP) is 2.74. The van der Waals surface area contributed by atoms with Crippen LogP contribution in [-0.4, -0.2) is 20.2 Å². The van der Waals surface area contributed by atoms with Gasteiger partial charge in [-0.15, -0.1) is 6.58 Å². The Morgan fingerprint density at radius 3 is 2.47 bits per heavy atom. The SMILES string of the molecule is C=CC[C@@H](C(=O)OC)[C@H](OC)c1ccccc1. The predicted molar refractivity (Wildman–Crippen MR) is 66.5 cm³/mol. The second-order valence-corrected chi connectivity index (χ2v) is 3.72. The van der Waals surface area contributed by atoms with Gasteiger partial charge >= 0.3 is 5.97 Å². The van der Waals surface area contributed by atoms with Crippen LogP contribution in [0.1, 0.15) is 18.1 Å². The summed E-state index contributed by atoms with van der Waals surface area (Å²) >= 11 is 0. The van der Waals surface area contributed by atoms with Gasteiger partial charge in [0, 0.05) is 7.11 Å². The Labute approximate surface area is 102 Å². The molecule has 0 N–H and O–H groups in total. The number of benzene rings is 1. The number of esters is 1. The molecule has 3 heteroatoms. The smallest absolute Gasteiger partial charge is 0.311 e. The molecule has 2 atom stereocenters. The molecule has 0 amide bonds. The molecule has 1 aromatic rings. The fourth-order valence-corrected chi connectivity index (χ4v) is 1.85. The summed E-state index contributed by atoms with van der Waals surface area (Å²) < 4.78 is 10.2. The van der Waals surface area contributed by atoms with Crippen molar-refractivity contribution in [3.8, 4) is 0 Å². The summed E-state index contributed by atoms with van der Waals surface area (Å²) in [7, 11) is 2.98. The third kappa shape index (κ3) is 3.43. The summed E-state index contributed by atoms with van der Waals surface area (Å²) in [4.78, 5) is 11.7. The molecule has 3 nitrogen and oxygen atoms in total. The van der Waals surface area contributed by atoms with Gasteiger partial charge < -0.3 is 9.47 Å². The number of rotatable bonds is 6. The second-order valence-electron chi connectivity index (χ2n) is 3.72. The van der Waals surface area contributed by atoms with E-state index in [0.29, 0.717) is 6.42 Å². The zero-order valence-corrected chi connectivity index (χ0v) is 10.3. The number of ether oxygens (including phenoxy) is 2. The van der Waals surface area contributed by atoms with Gasteiger partial charge in [0.1, 0.15) is 0 Å². The van der Waals surface area contributed by atoms with Crippen LogP contribution in [-0.2, 0) is 14.3 Å². The van der Waals surface area contributed by atoms with Crippen molar-refractivity contribution >= 4 is 5.97 Å². The molecule has 0 heterocycles. The van der Waals surface area contributed by atoms with Gasteiger partial charge in [-0.3, -0.25) is 4.79 Å². The average Bonchev–Trinajstić information content (AvgIpc) is 2.39. The van der Waals surface area contributed by atoms with Gasteiger partial charge in [-0.05, 0) is 12.0 Å². The Kier molecular flexibility index (Phi) is 5.43. The topological polar surface area (TPSA) is 35.5 Å². The molecule has 0 fully saturated rings. The van der Waals surface area contributed by atoms with Crippen LogP contribution in [0.25, 0.3) is 0 Å². The first-order chi connectivity index (χ1) is 8.24. The van der Waals surface area contributed by atoms with Crippen LogP contribution in [0.4, 0.5) is 0 Å². The van der Waals surface area contributed by atoms with Gasteiger partial charge in [0.25, 0.3) is 0 Å². The number of hydrogen-bond acceptors (Lipinski definition) is 3. The molecule has 0 unspecified atom stereocenters. The normalized spacial score (nSPS) is 13.8. The summed E-state index contributed by atoms with van der Waals surface area (Å²) in [5, 5.41) is 0. The summed E-state index contributed by atoms with van der Waals surface area (Å²) in [6.07, 6.45) is 1.93. The number of methoxy groups -OCH3 is 2. The van der Waals surface area contributed by atoms with Crippen LogP contribution >= 0.6 is 0 Å². The van der Waals surface area contributed by atoms with Crippen LogP contribution in [0, 0.1) is 5.92 Å². The number of hydrogen-bond donors (Lipinski definition) is 0. The van der Waals surface area contributed by atoms with Crippen LogP contribution in [0.5, 0.6) is 0 Å². The summed E-state index contributed by atoms with van der Waals surface area (Å²) in [5.41, 5.74) is 0.965. The molecule has 1 rings (SSSR count). The molecular formula is C14H18O3. The molecule has 0 saturated carbocycles. The Balaban J connectivity index is 2.96. The third-order valence-corrected chi connectivity index (χ3v) is 2.67. The van der Waals surface area contributed by atoms with E-state index in [-0.39, 0.29) is 18.0 Å². The zero-order valence-electron chi connectivity index (χ0n) is 10.3. The molecule has 92 valence electrons. The first-order valence-corrected chi connectivity index (χ1v) is 5.51. The summed E-state index contributed by atoms with van der Waals surface area (Å²) in [5.74, 6) is -0.634. The zero-order chi connectivity index (χ0) is 12.7. The van der Waals surface area contributed by atoms with Crippen molar-refractivity contribution in [1.82, 2.24) is 0 Å². The van der Waals surface area contributed by atoms with Crippen LogP contribution in [0.15, 0.2) is 43.0 Å². The van der Waals surface area contributed by atoms with Crippen molar-refractivity contribution in [2.75, 3.05) is 14.2 Å². The molecule has 0 aliphatic heterocycles. The Morgan fingerprint density at radius 2 is 2.00 bits per heavy atom. The highest BCUT2D eigenvalue weighted by Gasteiger charge is 2.29.